The van der Waals surface area contributed by atoms with Crippen LogP contribution in [0.15, 0.2) is 128 Å². The van der Waals surface area contributed by atoms with Crippen LogP contribution in [0, 0.1) is 11.3 Å². The van der Waals surface area contributed by atoms with Crippen molar-refractivity contribution in [2.75, 3.05) is 18.0 Å². The molecule has 2 amide bonds. The first-order chi connectivity index (χ1) is 19.2. The van der Waals surface area contributed by atoms with Crippen LogP contribution in [0.4, 0.5) is 10.5 Å². The number of imidazole rings is 1. The number of aromatic nitrogens is 2. The molecule has 1 saturated heterocycles. The smallest absolute Gasteiger partial charge is 0.319 e. The lowest BCUT2D eigenvalue weighted by Crippen LogP contribution is -2.37. The third kappa shape index (κ3) is 4.34. The maximum atomic E-state index is 13.3. The van der Waals surface area contributed by atoms with Crippen molar-refractivity contribution in [1.82, 2.24) is 14.5 Å². The van der Waals surface area contributed by atoms with Crippen LogP contribution in [-0.2, 0) is 12.1 Å². The molecule has 2 heterocycles. The zero-order valence-electron chi connectivity index (χ0n) is 21.4. The van der Waals surface area contributed by atoms with Crippen LogP contribution in [-0.4, -0.2) is 33.6 Å². The SMILES string of the molecule is N#Cc1cccc(N2CCN(Cc3cn(C(c4ccccc4)(c4ccccc4)c4ccccc4)cn3)C2=O)c1. The zero-order valence-corrected chi connectivity index (χ0v) is 21.4. The lowest BCUT2D eigenvalue weighted by Gasteiger charge is -2.37. The van der Waals surface area contributed by atoms with Gasteiger partial charge in [0, 0.05) is 25.0 Å². The van der Waals surface area contributed by atoms with Crippen LogP contribution in [0.1, 0.15) is 27.9 Å². The van der Waals surface area contributed by atoms with Gasteiger partial charge in [-0.15, -0.1) is 0 Å². The average molecular weight is 510 g/mol. The fourth-order valence-corrected chi connectivity index (χ4v) is 5.52. The fourth-order valence-electron chi connectivity index (χ4n) is 5.52. The van der Waals surface area contributed by atoms with Gasteiger partial charge in [0.25, 0.3) is 0 Å². The molecule has 1 aliphatic rings. The lowest BCUT2D eigenvalue weighted by molar-refractivity contribution is 0.218. The Morgan fingerprint density at radius 3 is 1.92 bits per heavy atom. The monoisotopic (exact) mass is 509 g/mol. The first-order valence-corrected chi connectivity index (χ1v) is 13.0. The maximum absolute atomic E-state index is 13.3. The highest BCUT2D eigenvalue weighted by Gasteiger charge is 2.38. The number of hydrogen-bond donors (Lipinski definition) is 0. The summed E-state index contributed by atoms with van der Waals surface area (Å²) in [4.78, 5) is 21.6. The van der Waals surface area contributed by atoms with Crippen LogP contribution < -0.4 is 4.90 Å². The minimum atomic E-state index is -0.645. The number of nitrogens with zero attached hydrogens (tertiary/aromatic N) is 5. The van der Waals surface area contributed by atoms with Crippen molar-refractivity contribution in [2.24, 2.45) is 0 Å². The average Bonchev–Trinajstić information content (AvgIpc) is 3.62. The first kappa shape index (κ1) is 24.2. The van der Waals surface area contributed by atoms with E-state index in [1.807, 2.05) is 36.7 Å². The van der Waals surface area contributed by atoms with E-state index in [2.05, 4.69) is 89.6 Å². The standard InChI is InChI=1S/C33H27N5O/c34-22-26-11-10-18-31(21-26)38-20-19-36(32(38)39)23-30-24-37(25-35-30)33(27-12-4-1-5-13-27,28-14-6-2-7-15-28)29-16-8-3-9-17-29/h1-18,21,24-25H,19-20,23H2. The van der Waals surface area contributed by atoms with E-state index in [0.717, 1.165) is 28.1 Å². The van der Waals surface area contributed by atoms with Crippen LogP contribution in [0.5, 0.6) is 0 Å². The van der Waals surface area contributed by atoms with E-state index in [1.54, 1.807) is 21.9 Å². The van der Waals surface area contributed by atoms with E-state index in [0.29, 0.717) is 25.2 Å². The Kier molecular flexibility index (Phi) is 6.40. The van der Waals surface area contributed by atoms with Crippen molar-refractivity contribution in [2.45, 2.75) is 12.1 Å². The third-order valence-corrected chi connectivity index (χ3v) is 7.33. The highest BCUT2D eigenvalue weighted by molar-refractivity contribution is 5.94. The molecule has 0 bridgehead atoms. The minimum Gasteiger partial charge on any atom is -0.319 e. The van der Waals surface area contributed by atoms with E-state index in [1.165, 1.54) is 0 Å². The fraction of sp³-hybridized carbons (Fsp3) is 0.121. The Hall–Kier alpha value is -5.15. The summed E-state index contributed by atoms with van der Waals surface area (Å²) < 4.78 is 2.16. The number of carbonyl (C=O) groups is 1. The molecule has 1 fully saturated rings. The molecule has 5 aromatic rings. The van der Waals surface area contributed by atoms with Gasteiger partial charge >= 0.3 is 6.03 Å². The number of nitriles is 1. The van der Waals surface area contributed by atoms with E-state index < -0.39 is 5.54 Å². The topological polar surface area (TPSA) is 65.2 Å². The molecule has 6 heteroatoms. The predicted octanol–water partition coefficient (Wildman–Crippen LogP) is 6.04. The molecule has 0 aliphatic carbocycles. The van der Waals surface area contributed by atoms with Crippen LogP contribution in [0.2, 0.25) is 0 Å². The number of rotatable bonds is 7. The Morgan fingerprint density at radius 1 is 0.769 bits per heavy atom. The van der Waals surface area contributed by atoms with E-state index in [4.69, 9.17) is 4.98 Å². The molecule has 6 rings (SSSR count). The zero-order chi connectivity index (χ0) is 26.7. The highest BCUT2D eigenvalue weighted by atomic mass is 16.2. The molecule has 0 spiro atoms. The molecule has 39 heavy (non-hydrogen) atoms. The molecule has 6 nitrogen and oxygen atoms in total. The summed E-state index contributed by atoms with van der Waals surface area (Å²) in [7, 11) is 0. The molecule has 0 atom stereocenters. The lowest BCUT2D eigenvalue weighted by atomic mass is 9.77. The molecule has 1 aromatic heterocycles. The predicted molar refractivity (Wildman–Crippen MR) is 151 cm³/mol. The van der Waals surface area contributed by atoms with Crippen molar-refractivity contribution >= 4 is 11.7 Å². The van der Waals surface area contributed by atoms with Gasteiger partial charge < -0.3 is 9.47 Å². The van der Waals surface area contributed by atoms with Gasteiger partial charge in [0.2, 0.25) is 0 Å². The van der Waals surface area contributed by atoms with Gasteiger partial charge in [-0.05, 0) is 34.9 Å². The molecule has 1 aliphatic heterocycles. The largest absolute Gasteiger partial charge is 0.324 e. The molecule has 0 radical (unpaired) electrons. The summed E-state index contributed by atoms with van der Waals surface area (Å²) in [6.45, 7) is 1.55. The Balaban J connectivity index is 1.38. The number of carbonyl (C=O) groups excluding carboxylic acids is 1. The number of amides is 2. The van der Waals surface area contributed by atoms with Crippen LogP contribution >= 0.6 is 0 Å². The maximum Gasteiger partial charge on any atom is 0.324 e. The normalized spacial score (nSPS) is 13.5. The molecule has 4 aromatic carbocycles. The van der Waals surface area contributed by atoms with Gasteiger partial charge in [0.15, 0.2) is 0 Å². The van der Waals surface area contributed by atoms with Crippen molar-refractivity contribution in [3.63, 3.8) is 0 Å². The van der Waals surface area contributed by atoms with Crippen LogP contribution in [0.25, 0.3) is 0 Å². The molecule has 0 saturated carbocycles. The third-order valence-electron chi connectivity index (χ3n) is 7.33. The van der Waals surface area contributed by atoms with Crippen molar-refractivity contribution < 1.29 is 4.79 Å². The van der Waals surface area contributed by atoms with Gasteiger partial charge in [0.05, 0.1) is 30.2 Å². The van der Waals surface area contributed by atoms with Crippen molar-refractivity contribution in [3.8, 4) is 6.07 Å². The summed E-state index contributed by atoms with van der Waals surface area (Å²) in [6, 6.07) is 40.6. The molecule has 0 N–H and O–H groups in total. The molecule has 0 unspecified atom stereocenters. The second-order valence-corrected chi connectivity index (χ2v) is 9.60. The van der Waals surface area contributed by atoms with Gasteiger partial charge in [-0.3, -0.25) is 4.90 Å². The summed E-state index contributed by atoms with van der Waals surface area (Å²) in [5, 5.41) is 9.26. The number of anilines is 1. The van der Waals surface area contributed by atoms with Gasteiger partial charge in [-0.25, -0.2) is 9.78 Å². The van der Waals surface area contributed by atoms with Gasteiger partial charge in [-0.1, -0.05) is 97.1 Å². The molecular formula is C33H27N5O. The number of urea groups is 1. The minimum absolute atomic E-state index is 0.0833. The summed E-state index contributed by atoms with van der Waals surface area (Å²) in [5.74, 6) is 0. The molecule has 190 valence electrons. The van der Waals surface area contributed by atoms with Crippen LogP contribution in [0.3, 0.4) is 0 Å². The van der Waals surface area contributed by atoms with E-state index >= 15 is 0 Å². The van der Waals surface area contributed by atoms with E-state index in [9.17, 15) is 10.1 Å². The Bertz CT molecular complexity index is 1530. The Morgan fingerprint density at radius 2 is 1.36 bits per heavy atom. The first-order valence-electron chi connectivity index (χ1n) is 13.0. The van der Waals surface area contributed by atoms with Gasteiger partial charge in [0.1, 0.15) is 5.54 Å². The molecular weight excluding hydrogens is 482 g/mol. The Labute approximate surface area is 228 Å². The van der Waals surface area contributed by atoms with Crippen molar-refractivity contribution in [1.29, 1.82) is 5.26 Å². The van der Waals surface area contributed by atoms with Gasteiger partial charge in [-0.2, -0.15) is 5.26 Å². The summed E-state index contributed by atoms with van der Waals surface area (Å²) in [6.07, 6.45) is 3.93. The number of benzene rings is 4. The second kappa shape index (κ2) is 10.3. The quantitative estimate of drug-likeness (QED) is 0.251. The summed E-state index contributed by atoms with van der Waals surface area (Å²) >= 11 is 0. The highest BCUT2D eigenvalue weighted by Crippen LogP contribution is 2.40. The number of hydrogen-bond acceptors (Lipinski definition) is 3. The summed E-state index contributed by atoms with van der Waals surface area (Å²) in [5.41, 5.74) is 4.79. The van der Waals surface area contributed by atoms with Crippen molar-refractivity contribution in [3.05, 3.63) is 156 Å². The second-order valence-electron chi connectivity index (χ2n) is 9.60. The van der Waals surface area contributed by atoms with E-state index in [-0.39, 0.29) is 6.03 Å².